The fourth-order valence-corrected chi connectivity index (χ4v) is 3.65. The number of hydrogen-bond donors (Lipinski definition) is 0. The molecule has 30 heavy (non-hydrogen) atoms. The van der Waals surface area contributed by atoms with E-state index in [1.807, 2.05) is 49.3 Å². The van der Waals surface area contributed by atoms with Gasteiger partial charge in [0.05, 0.1) is 10.2 Å². The van der Waals surface area contributed by atoms with Crippen molar-refractivity contribution in [2.75, 3.05) is 32.1 Å². The smallest absolute Gasteiger partial charge is 0.406 e. The first-order valence-corrected chi connectivity index (χ1v) is 9.88. The lowest BCUT2D eigenvalue weighted by Gasteiger charge is -2.20. The molecule has 0 unspecified atom stereocenters. The standard InChI is InChI=1S/C21H20F3N3O2S/c1-26(2)12-13-27(19(28)11-8-15-6-4-3-5-7-15)20-25-17-10-9-16(14-18(17)30-20)29-21(22,23)24/h3-11,14H,12-13H2,1-2H3. The van der Waals surface area contributed by atoms with Crippen molar-refractivity contribution in [1.29, 1.82) is 0 Å². The van der Waals surface area contributed by atoms with Gasteiger partial charge in [0.15, 0.2) is 5.13 Å². The molecule has 0 aliphatic heterocycles. The lowest BCUT2D eigenvalue weighted by molar-refractivity contribution is -0.274. The van der Waals surface area contributed by atoms with Gasteiger partial charge >= 0.3 is 6.36 Å². The van der Waals surface area contributed by atoms with Crippen molar-refractivity contribution in [1.82, 2.24) is 9.88 Å². The Morgan fingerprint density at radius 1 is 1.13 bits per heavy atom. The fourth-order valence-electron chi connectivity index (χ4n) is 2.63. The zero-order valence-corrected chi connectivity index (χ0v) is 17.2. The summed E-state index contributed by atoms with van der Waals surface area (Å²) in [5.74, 6) is -0.577. The Hall–Kier alpha value is -2.91. The van der Waals surface area contributed by atoms with Gasteiger partial charge in [-0.1, -0.05) is 41.7 Å². The summed E-state index contributed by atoms with van der Waals surface area (Å²) in [7, 11) is 3.78. The van der Waals surface area contributed by atoms with Crippen molar-refractivity contribution >= 4 is 38.7 Å². The van der Waals surface area contributed by atoms with Crippen LogP contribution in [0.2, 0.25) is 0 Å². The molecule has 0 fully saturated rings. The fraction of sp³-hybridized carbons (Fsp3) is 0.238. The van der Waals surface area contributed by atoms with E-state index < -0.39 is 6.36 Å². The topological polar surface area (TPSA) is 45.7 Å². The minimum atomic E-state index is -4.77. The number of halogens is 3. The molecule has 0 spiro atoms. The number of alkyl halides is 3. The van der Waals surface area contributed by atoms with Crippen LogP contribution in [0.15, 0.2) is 54.6 Å². The van der Waals surface area contributed by atoms with E-state index in [2.05, 4.69) is 9.72 Å². The number of hydrogen-bond acceptors (Lipinski definition) is 5. The van der Waals surface area contributed by atoms with E-state index >= 15 is 0 Å². The zero-order valence-electron chi connectivity index (χ0n) is 16.4. The van der Waals surface area contributed by atoms with Crippen LogP contribution >= 0.6 is 11.3 Å². The molecule has 9 heteroatoms. The Bertz CT molecular complexity index is 1030. The number of thiazole rings is 1. The highest BCUT2D eigenvalue weighted by molar-refractivity contribution is 7.22. The quantitative estimate of drug-likeness (QED) is 0.500. The molecule has 0 N–H and O–H groups in total. The molecule has 0 aliphatic carbocycles. The number of benzene rings is 2. The number of fused-ring (bicyclic) bond motifs is 1. The highest BCUT2D eigenvalue weighted by Crippen LogP contribution is 2.33. The molecule has 0 saturated heterocycles. The predicted molar refractivity (Wildman–Crippen MR) is 113 cm³/mol. The zero-order chi connectivity index (χ0) is 21.7. The molecule has 1 aromatic heterocycles. The van der Waals surface area contributed by atoms with E-state index in [0.29, 0.717) is 28.4 Å². The van der Waals surface area contributed by atoms with E-state index in [0.717, 1.165) is 16.9 Å². The lowest BCUT2D eigenvalue weighted by Crippen LogP contribution is -2.35. The molecule has 5 nitrogen and oxygen atoms in total. The third-order valence-electron chi connectivity index (χ3n) is 4.07. The van der Waals surface area contributed by atoms with Crippen molar-refractivity contribution in [2.45, 2.75) is 6.36 Å². The van der Waals surface area contributed by atoms with E-state index in [4.69, 9.17) is 0 Å². The number of likely N-dealkylation sites (N-methyl/N-ethyl adjacent to an activating group) is 1. The van der Waals surface area contributed by atoms with Gasteiger partial charge in [0.2, 0.25) is 0 Å². The van der Waals surface area contributed by atoms with Crippen molar-refractivity contribution in [3.8, 4) is 5.75 Å². The highest BCUT2D eigenvalue weighted by Gasteiger charge is 2.31. The summed E-state index contributed by atoms with van der Waals surface area (Å²) in [6, 6.07) is 13.3. The molecule has 0 atom stereocenters. The number of nitrogens with zero attached hydrogens (tertiary/aromatic N) is 3. The molecular formula is C21H20F3N3O2S. The molecule has 0 bridgehead atoms. The maximum absolute atomic E-state index is 12.9. The maximum Gasteiger partial charge on any atom is 0.573 e. The second-order valence-electron chi connectivity index (χ2n) is 6.71. The van der Waals surface area contributed by atoms with Crippen LogP contribution in [0.25, 0.3) is 16.3 Å². The number of ether oxygens (including phenoxy) is 1. The van der Waals surface area contributed by atoms with Crippen molar-refractivity contribution in [2.24, 2.45) is 0 Å². The van der Waals surface area contributed by atoms with Crippen molar-refractivity contribution in [3.05, 3.63) is 60.2 Å². The van der Waals surface area contributed by atoms with Crippen LogP contribution in [0.5, 0.6) is 5.75 Å². The summed E-state index contributed by atoms with van der Waals surface area (Å²) < 4.78 is 41.9. The van der Waals surface area contributed by atoms with E-state index in [1.54, 1.807) is 6.08 Å². The number of carbonyl (C=O) groups excluding carboxylic acids is 1. The average Bonchev–Trinajstić information content (AvgIpc) is 3.08. The summed E-state index contributed by atoms with van der Waals surface area (Å²) >= 11 is 1.14. The van der Waals surface area contributed by atoms with E-state index in [9.17, 15) is 18.0 Å². The molecular weight excluding hydrogens is 415 g/mol. The molecule has 1 heterocycles. The lowest BCUT2D eigenvalue weighted by atomic mass is 10.2. The Balaban J connectivity index is 1.87. The van der Waals surface area contributed by atoms with Gasteiger partial charge in [-0.2, -0.15) is 0 Å². The van der Waals surface area contributed by atoms with Gasteiger partial charge in [0.25, 0.3) is 5.91 Å². The highest BCUT2D eigenvalue weighted by atomic mass is 32.1. The van der Waals surface area contributed by atoms with Gasteiger partial charge in [-0.05, 0) is 37.9 Å². The van der Waals surface area contributed by atoms with Crippen LogP contribution < -0.4 is 9.64 Å². The van der Waals surface area contributed by atoms with Crippen LogP contribution in [0.3, 0.4) is 0 Å². The summed E-state index contributed by atoms with van der Waals surface area (Å²) in [6.07, 6.45) is -1.58. The molecule has 1 amide bonds. The molecule has 0 saturated carbocycles. The minimum Gasteiger partial charge on any atom is -0.406 e. The van der Waals surface area contributed by atoms with Gasteiger partial charge < -0.3 is 9.64 Å². The second-order valence-corrected chi connectivity index (χ2v) is 7.72. The average molecular weight is 435 g/mol. The SMILES string of the molecule is CN(C)CCN(C(=O)C=Cc1ccccc1)c1nc2ccc(OC(F)(F)F)cc2s1. The first kappa shape index (κ1) is 21.8. The largest absolute Gasteiger partial charge is 0.573 e. The number of carbonyl (C=O) groups is 1. The number of amides is 1. The van der Waals surface area contributed by atoms with E-state index in [-0.39, 0.29) is 11.7 Å². The molecule has 0 radical (unpaired) electrons. The van der Waals surface area contributed by atoms with Gasteiger partial charge in [0, 0.05) is 25.2 Å². The first-order valence-electron chi connectivity index (χ1n) is 9.07. The van der Waals surface area contributed by atoms with Gasteiger partial charge in [-0.15, -0.1) is 13.2 Å². The third kappa shape index (κ3) is 6.04. The van der Waals surface area contributed by atoms with Gasteiger partial charge in [-0.3, -0.25) is 9.69 Å². The van der Waals surface area contributed by atoms with Crippen LogP contribution in [0, 0.1) is 0 Å². The van der Waals surface area contributed by atoms with Gasteiger partial charge in [-0.25, -0.2) is 4.98 Å². The molecule has 3 aromatic rings. The Kier molecular flexibility index (Phi) is 6.73. The van der Waals surface area contributed by atoms with Crippen LogP contribution in [0.4, 0.5) is 18.3 Å². The Labute approximate surface area is 176 Å². The monoisotopic (exact) mass is 435 g/mol. The normalized spacial score (nSPS) is 12.1. The summed E-state index contributed by atoms with van der Waals surface area (Å²) in [6.45, 7) is 0.986. The Morgan fingerprint density at radius 3 is 2.53 bits per heavy atom. The minimum absolute atomic E-state index is 0.258. The molecule has 0 aliphatic rings. The van der Waals surface area contributed by atoms with Crippen LogP contribution in [-0.4, -0.2) is 49.3 Å². The van der Waals surface area contributed by atoms with Crippen molar-refractivity contribution in [3.63, 3.8) is 0 Å². The summed E-state index contributed by atoms with van der Waals surface area (Å²) in [5, 5.41) is 0.415. The van der Waals surface area contributed by atoms with Crippen molar-refractivity contribution < 1.29 is 22.7 Å². The number of anilines is 1. The maximum atomic E-state index is 12.9. The molecule has 158 valence electrons. The molecule has 3 rings (SSSR count). The van der Waals surface area contributed by atoms with Crippen LogP contribution in [-0.2, 0) is 4.79 Å². The van der Waals surface area contributed by atoms with Crippen LogP contribution in [0.1, 0.15) is 5.56 Å². The predicted octanol–water partition coefficient (Wildman–Crippen LogP) is 4.80. The summed E-state index contributed by atoms with van der Waals surface area (Å²) in [5.41, 5.74) is 1.39. The Morgan fingerprint density at radius 2 is 1.87 bits per heavy atom. The van der Waals surface area contributed by atoms with E-state index in [1.165, 1.54) is 29.2 Å². The molecule has 2 aromatic carbocycles. The first-order chi connectivity index (χ1) is 14.2. The van der Waals surface area contributed by atoms with Gasteiger partial charge in [0.1, 0.15) is 5.75 Å². The summed E-state index contributed by atoms with van der Waals surface area (Å²) in [4.78, 5) is 20.8. The number of rotatable bonds is 7. The number of aromatic nitrogens is 1. The third-order valence-corrected chi connectivity index (χ3v) is 5.11. The second kappa shape index (κ2) is 9.27.